The van der Waals surface area contributed by atoms with Crippen LogP contribution in [0.2, 0.25) is 0 Å². The minimum absolute atomic E-state index is 0.0562. The van der Waals surface area contributed by atoms with Crippen molar-refractivity contribution in [2.45, 2.75) is 39.0 Å². The van der Waals surface area contributed by atoms with Crippen LogP contribution in [0.5, 0.6) is 0 Å². The molecule has 2 aromatic rings. The molecule has 118 valence electrons. The molecule has 6 heteroatoms. The van der Waals surface area contributed by atoms with Crippen LogP contribution in [-0.2, 0) is 16.0 Å². The number of hydrogen-bond donors (Lipinski definition) is 2. The highest BCUT2D eigenvalue weighted by molar-refractivity contribution is 5.78. The number of nitrogens with zero attached hydrogens (tertiary/aromatic N) is 2. The van der Waals surface area contributed by atoms with Gasteiger partial charge in [-0.1, -0.05) is 12.5 Å². The molecule has 0 aliphatic rings. The van der Waals surface area contributed by atoms with Crippen molar-refractivity contribution < 1.29 is 14.7 Å². The molecule has 0 spiro atoms. The van der Waals surface area contributed by atoms with Gasteiger partial charge in [-0.3, -0.25) is 9.59 Å². The van der Waals surface area contributed by atoms with E-state index in [1.807, 2.05) is 35.9 Å². The number of amides is 1. The molecule has 0 aliphatic heterocycles. The summed E-state index contributed by atoms with van der Waals surface area (Å²) in [6, 6.07) is 3.94. The van der Waals surface area contributed by atoms with Crippen molar-refractivity contribution in [3.63, 3.8) is 0 Å². The number of carboxylic acids is 1. The van der Waals surface area contributed by atoms with Gasteiger partial charge in [-0.15, -0.1) is 0 Å². The summed E-state index contributed by atoms with van der Waals surface area (Å²) in [5.41, 5.74) is 2.70. The van der Waals surface area contributed by atoms with Crippen molar-refractivity contribution in [3.05, 3.63) is 35.8 Å². The number of aryl methyl sites for hydroxylation is 1. The number of fused-ring (bicyclic) bond motifs is 1. The van der Waals surface area contributed by atoms with Crippen LogP contribution >= 0.6 is 0 Å². The van der Waals surface area contributed by atoms with Crippen LogP contribution in [0.4, 0.5) is 0 Å². The fraction of sp³-hybridized carbons (Fsp3) is 0.438. The Labute approximate surface area is 129 Å². The molecule has 0 unspecified atom stereocenters. The predicted molar refractivity (Wildman–Crippen MR) is 82.7 cm³/mol. The first kappa shape index (κ1) is 16.0. The summed E-state index contributed by atoms with van der Waals surface area (Å²) >= 11 is 0. The normalized spacial score (nSPS) is 10.8. The summed E-state index contributed by atoms with van der Waals surface area (Å²) in [4.78, 5) is 26.7. The van der Waals surface area contributed by atoms with E-state index in [4.69, 9.17) is 5.11 Å². The average molecular weight is 303 g/mol. The van der Waals surface area contributed by atoms with E-state index >= 15 is 0 Å². The fourth-order valence-corrected chi connectivity index (χ4v) is 2.32. The smallest absolute Gasteiger partial charge is 0.303 e. The summed E-state index contributed by atoms with van der Waals surface area (Å²) in [6.45, 7) is 2.56. The van der Waals surface area contributed by atoms with Crippen molar-refractivity contribution in [3.8, 4) is 0 Å². The lowest BCUT2D eigenvalue weighted by Gasteiger charge is -2.03. The first-order chi connectivity index (χ1) is 10.6. The zero-order valence-electron chi connectivity index (χ0n) is 12.7. The highest BCUT2D eigenvalue weighted by atomic mass is 16.4. The Bertz CT molecular complexity index is 664. The van der Waals surface area contributed by atoms with E-state index in [1.54, 1.807) is 0 Å². The van der Waals surface area contributed by atoms with Crippen LogP contribution in [-0.4, -0.2) is 32.9 Å². The Morgan fingerprint density at radius 1 is 1.32 bits per heavy atom. The van der Waals surface area contributed by atoms with Gasteiger partial charge in [0.15, 0.2) is 0 Å². The van der Waals surface area contributed by atoms with Gasteiger partial charge < -0.3 is 14.8 Å². The van der Waals surface area contributed by atoms with E-state index in [2.05, 4.69) is 10.3 Å². The second-order valence-electron chi connectivity index (χ2n) is 5.39. The lowest BCUT2D eigenvalue weighted by atomic mass is 10.2. The van der Waals surface area contributed by atoms with Crippen molar-refractivity contribution in [2.75, 3.05) is 6.54 Å². The SMILES string of the molecule is Cc1cccn2cc(CC(=O)NCCCCCC(=O)O)nc12. The largest absolute Gasteiger partial charge is 0.481 e. The number of carbonyl (C=O) groups excluding carboxylic acids is 1. The van der Waals surface area contributed by atoms with Gasteiger partial charge in [-0.05, 0) is 31.4 Å². The van der Waals surface area contributed by atoms with Gasteiger partial charge in [0.2, 0.25) is 5.91 Å². The van der Waals surface area contributed by atoms with Gasteiger partial charge in [0, 0.05) is 25.4 Å². The average Bonchev–Trinajstić information content (AvgIpc) is 2.86. The minimum atomic E-state index is -0.772. The Kier molecular flexibility index (Phi) is 5.52. The lowest BCUT2D eigenvalue weighted by Crippen LogP contribution is -2.26. The molecule has 2 aromatic heterocycles. The third kappa shape index (κ3) is 4.58. The molecule has 0 aliphatic carbocycles. The van der Waals surface area contributed by atoms with Gasteiger partial charge in [-0.25, -0.2) is 4.98 Å². The number of carboxylic acid groups (broad SMARTS) is 1. The highest BCUT2D eigenvalue weighted by Crippen LogP contribution is 2.10. The number of pyridine rings is 1. The molecule has 0 radical (unpaired) electrons. The summed E-state index contributed by atoms with van der Waals surface area (Å²) in [5.74, 6) is -0.828. The van der Waals surface area contributed by atoms with Crippen LogP contribution in [0.1, 0.15) is 36.9 Å². The molecule has 0 bridgehead atoms. The Morgan fingerprint density at radius 3 is 2.86 bits per heavy atom. The predicted octanol–water partition coefficient (Wildman–Crippen LogP) is 1.95. The van der Waals surface area contributed by atoms with Crippen LogP contribution in [0, 0.1) is 6.92 Å². The standard InChI is InChI=1S/C16H21N3O3/c1-12-6-5-9-19-11-13(18-16(12)19)10-14(20)17-8-4-2-3-7-15(21)22/h5-6,9,11H,2-4,7-8,10H2,1H3,(H,17,20)(H,21,22). The highest BCUT2D eigenvalue weighted by Gasteiger charge is 2.08. The minimum Gasteiger partial charge on any atom is -0.481 e. The topological polar surface area (TPSA) is 83.7 Å². The maximum absolute atomic E-state index is 11.9. The van der Waals surface area contributed by atoms with Gasteiger partial charge in [-0.2, -0.15) is 0 Å². The third-order valence-electron chi connectivity index (χ3n) is 3.46. The molecule has 1 amide bonds. The van der Waals surface area contributed by atoms with Gasteiger partial charge in [0.25, 0.3) is 0 Å². The number of carbonyl (C=O) groups is 2. The lowest BCUT2D eigenvalue weighted by molar-refractivity contribution is -0.137. The van der Waals surface area contributed by atoms with E-state index in [-0.39, 0.29) is 18.7 Å². The van der Waals surface area contributed by atoms with Crippen molar-refractivity contribution in [2.24, 2.45) is 0 Å². The zero-order chi connectivity index (χ0) is 15.9. The molecular weight excluding hydrogens is 282 g/mol. The van der Waals surface area contributed by atoms with E-state index in [0.717, 1.165) is 29.7 Å². The number of unbranched alkanes of at least 4 members (excludes halogenated alkanes) is 2. The molecular formula is C16H21N3O3. The molecule has 0 saturated heterocycles. The fourth-order valence-electron chi connectivity index (χ4n) is 2.32. The van der Waals surface area contributed by atoms with Crippen molar-refractivity contribution >= 4 is 17.5 Å². The second kappa shape index (κ2) is 7.59. The van der Waals surface area contributed by atoms with E-state index in [0.29, 0.717) is 13.0 Å². The van der Waals surface area contributed by atoms with Crippen LogP contribution < -0.4 is 5.32 Å². The maximum Gasteiger partial charge on any atom is 0.303 e. The van der Waals surface area contributed by atoms with Gasteiger partial charge in [0.1, 0.15) is 5.65 Å². The van der Waals surface area contributed by atoms with Crippen LogP contribution in [0.25, 0.3) is 5.65 Å². The van der Waals surface area contributed by atoms with E-state index in [1.165, 1.54) is 0 Å². The second-order valence-corrected chi connectivity index (χ2v) is 5.39. The third-order valence-corrected chi connectivity index (χ3v) is 3.46. The molecule has 6 nitrogen and oxygen atoms in total. The molecule has 0 atom stereocenters. The van der Waals surface area contributed by atoms with Gasteiger partial charge in [0.05, 0.1) is 12.1 Å². The number of rotatable bonds is 8. The van der Waals surface area contributed by atoms with E-state index in [9.17, 15) is 9.59 Å². The van der Waals surface area contributed by atoms with Crippen molar-refractivity contribution in [1.29, 1.82) is 0 Å². The maximum atomic E-state index is 11.9. The summed E-state index contributed by atoms with van der Waals surface area (Å²) in [7, 11) is 0. The Morgan fingerprint density at radius 2 is 2.14 bits per heavy atom. The molecule has 2 heterocycles. The molecule has 0 saturated carbocycles. The van der Waals surface area contributed by atoms with Gasteiger partial charge >= 0.3 is 5.97 Å². The van der Waals surface area contributed by atoms with E-state index < -0.39 is 5.97 Å². The summed E-state index contributed by atoms with van der Waals surface area (Å²) < 4.78 is 1.92. The summed E-state index contributed by atoms with van der Waals surface area (Å²) in [5, 5.41) is 11.4. The quantitative estimate of drug-likeness (QED) is 0.730. The molecule has 0 fully saturated rings. The molecule has 2 N–H and O–H groups in total. The number of hydrogen-bond acceptors (Lipinski definition) is 3. The molecule has 0 aromatic carbocycles. The first-order valence-corrected chi connectivity index (χ1v) is 7.48. The molecule has 2 rings (SSSR count). The number of nitrogens with one attached hydrogen (secondary N) is 1. The van der Waals surface area contributed by atoms with Crippen LogP contribution in [0.15, 0.2) is 24.5 Å². The van der Waals surface area contributed by atoms with Crippen molar-refractivity contribution in [1.82, 2.24) is 14.7 Å². The molecule has 22 heavy (non-hydrogen) atoms. The van der Waals surface area contributed by atoms with Crippen LogP contribution in [0.3, 0.4) is 0 Å². The number of aromatic nitrogens is 2. The monoisotopic (exact) mass is 303 g/mol. The zero-order valence-corrected chi connectivity index (χ0v) is 12.7. The Hall–Kier alpha value is -2.37. The number of aliphatic carboxylic acids is 1. The Balaban J connectivity index is 1.74. The number of imidazole rings is 1. The summed E-state index contributed by atoms with van der Waals surface area (Å²) in [6.07, 6.45) is 6.49. The first-order valence-electron chi connectivity index (χ1n) is 7.48.